The van der Waals surface area contributed by atoms with Gasteiger partial charge in [0.25, 0.3) is 0 Å². The largest absolute Gasteiger partial charge is 0.352 e. The SMILES string of the molecule is CCn1c(S[C@H](C)C(=O)NC2CC2)nnc1-c1cccc(Cl)c1. The Balaban J connectivity index is 1.79. The van der Waals surface area contributed by atoms with Gasteiger partial charge in [-0.1, -0.05) is 35.5 Å². The number of carbonyl (C=O) groups excluding carboxylic acids is 1. The molecule has 1 saturated carbocycles. The van der Waals surface area contributed by atoms with Crippen LogP contribution in [0.5, 0.6) is 0 Å². The summed E-state index contributed by atoms with van der Waals surface area (Å²) in [7, 11) is 0. The van der Waals surface area contributed by atoms with E-state index in [4.69, 9.17) is 11.6 Å². The molecule has 3 rings (SSSR count). The second-order valence-corrected chi connectivity index (χ2v) is 7.35. The van der Waals surface area contributed by atoms with E-state index in [0.717, 1.165) is 35.9 Å². The van der Waals surface area contributed by atoms with Crippen LogP contribution in [-0.2, 0) is 11.3 Å². The van der Waals surface area contributed by atoms with E-state index in [9.17, 15) is 4.79 Å². The number of nitrogens with zero attached hydrogens (tertiary/aromatic N) is 3. The Bertz CT molecular complexity index is 714. The molecule has 1 aromatic heterocycles. The van der Waals surface area contributed by atoms with Crippen molar-refractivity contribution in [2.24, 2.45) is 0 Å². The predicted octanol–water partition coefficient (Wildman–Crippen LogP) is 3.38. The summed E-state index contributed by atoms with van der Waals surface area (Å²) in [5.41, 5.74) is 0.925. The van der Waals surface area contributed by atoms with Gasteiger partial charge in [-0.15, -0.1) is 10.2 Å². The maximum Gasteiger partial charge on any atom is 0.233 e. The van der Waals surface area contributed by atoms with Gasteiger partial charge in [0.2, 0.25) is 5.91 Å². The predicted molar refractivity (Wildman–Crippen MR) is 92.6 cm³/mol. The molecule has 1 fully saturated rings. The smallest absolute Gasteiger partial charge is 0.233 e. The number of hydrogen-bond donors (Lipinski definition) is 1. The maximum absolute atomic E-state index is 12.1. The highest BCUT2D eigenvalue weighted by atomic mass is 35.5. The average Bonchev–Trinajstić information content (AvgIpc) is 3.25. The van der Waals surface area contributed by atoms with Crippen LogP contribution < -0.4 is 5.32 Å². The third kappa shape index (κ3) is 3.87. The van der Waals surface area contributed by atoms with Crippen LogP contribution >= 0.6 is 23.4 Å². The van der Waals surface area contributed by atoms with Crippen LogP contribution in [0.2, 0.25) is 5.02 Å². The lowest BCUT2D eigenvalue weighted by atomic mass is 10.2. The van der Waals surface area contributed by atoms with Gasteiger partial charge < -0.3 is 9.88 Å². The van der Waals surface area contributed by atoms with Gasteiger partial charge in [0.15, 0.2) is 11.0 Å². The molecule has 122 valence electrons. The number of amides is 1. The molecule has 2 aromatic rings. The minimum atomic E-state index is -0.197. The Morgan fingerprint density at radius 2 is 2.26 bits per heavy atom. The molecular weight excluding hydrogens is 332 g/mol. The third-order valence-corrected chi connectivity index (χ3v) is 5.01. The normalized spacial score (nSPS) is 15.4. The van der Waals surface area contributed by atoms with Crippen LogP contribution in [-0.4, -0.2) is 32.0 Å². The number of carbonyl (C=O) groups is 1. The number of halogens is 1. The zero-order valence-electron chi connectivity index (χ0n) is 13.1. The standard InChI is InChI=1S/C16H19ClN4OS/c1-3-21-14(11-5-4-6-12(17)9-11)19-20-16(21)23-10(2)15(22)18-13-7-8-13/h4-6,9-10,13H,3,7-8H2,1-2H3,(H,18,22)/t10-/m1/s1. The third-order valence-electron chi connectivity index (χ3n) is 3.69. The van der Waals surface area contributed by atoms with Gasteiger partial charge in [0.1, 0.15) is 0 Å². The van der Waals surface area contributed by atoms with Crippen molar-refractivity contribution in [1.82, 2.24) is 20.1 Å². The van der Waals surface area contributed by atoms with Crippen molar-refractivity contribution in [3.63, 3.8) is 0 Å². The van der Waals surface area contributed by atoms with Crippen molar-refractivity contribution in [3.05, 3.63) is 29.3 Å². The summed E-state index contributed by atoms with van der Waals surface area (Å²) < 4.78 is 2.01. The first kappa shape index (κ1) is 16.3. The van der Waals surface area contributed by atoms with Crippen LogP contribution in [0, 0.1) is 0 Å². The van der Waals surface area contributed by atoms with Gasteiger partial charge in [-0.3, -0.25) is 4.79 Å². The minimum Gasteiger partial charge on any atom is -0.352 e. The molecule has 1 aromatic carbocycles. The highest BCUT2D eigenvalue weighted by molar-refractivity contribution is 8.00. The van der Waals surface area contributed by atoms with Gasteiger partial charge in [-0.2, -0.15) is 0 Å². The minimum absolute atomic E-state index is 0.0625. The van der Waals surface area contributed by atoms with E-state index in [2.05, 4.69) is 15.5 Å². The average molecular weight is 351 g/mol. The highest BCUT2D eigenvalue weighted by Gasteiger charge is 2.27. The first-order valence-electron chi connectivity index (χ1n) is 7.74. The summed E-state index contributed by atoms with van der Waals surface area (Å²) in [6.45, 7) is 4.67. The molecule has 0 aliphatic heterocycles. The van der Waals surface area contributed by atoms with Gasteiger partial charge in [-0.05, 0) is 38.8 Å². The van der Waals surface area contributed by atoms with E-state index < -0.39 is 0 Å². The van der Waals surface area contributed by atoms with E-state index in [1.165, 1.54) is 11.8 Å². The fraction of sp³-hybridized carbons (Fsp3) is 0.438. The van der Waals surface area contributed by atoms with Gasteiger partial charge in [0.05, 0.1) is 5.25 Å². The van der Waals surface area contributed by atoms with E-state index in [1.807, 2.05) is 42.7 Å². The molecule has 0 unspecified atom stereocenters. The van der Waals surface area contributed by atoms with E-state index in [0.29, 0.717) is 11.1 Å². The van der Waals surface area contributed by atoms with E-state index >= 15 is 0 Å². The van der Waals surface area contributed by atoms with Crippen molar-refractivity contribution in [2.75, 3.05) is 0 Å². The zero-order chi connectivity index (χ0) is 16.4. The lowest BCUT2D eigenvalue weighted by molar-refractivity contribution is -0.120. The van der Waals surface area contributed by atoms with Gasteiger partial charge in [-0.25, -0.2) is 0 Å². The van der Waals surface area contributed by atoms with E-state index in [1.54, 1.807) is 0 Å². The quantitative estimate of drug-likeness (QED) is 0.811. The summed E-state index contributed by atoms with van der Waals surface area (Å²) in [6.07, 6.45) is 2.18. The molecule has 1 aliphatic carbocycles. The Morgan fingerprint density at radius 1 is 1.48 bits per heavy atom. The van der Waals surface area contributed by atoms with Crippen molar-refractivity contribution >= 4 is 29.3 Å². The first-order valence-corrected chi connectivity index (χ1v) is 9.00. The van der Waals surface area contributed by atoms with Crippen molar-refractivity contribution < 1.29 is 4.79 Å². The fourth-order valence-corrected chi connectivity index (χ4v) is 3.37. The Morgan fingerprint density at radius 3 is 2.91 bits per heavy atom. The van der Waals surface area contributed by atoms with Crippen molar-refractivity contribution in [2.45, 2.75) is 49.7 Å². The molecule has 7 heteroatoms. The summed E-state index contributed by atoms with van der Waals surface area (Å²) in [6, 6.07) is 7.93. The molecule has 0 radical (unpaired) electrons. The Kier molecular flexibility index (Phi) is 4.92. The molecule has 1 heterocycles. The van der Waals surface area contributed by atoms with Crippen LogP contribution in [0.4, 0.5) is 0 Å². The van der Waals surface area contributed by atoms with E-state index in [-0.39, 0.29) is 11.2 Å². The van der Waals surface area contributed by atoms with Gasteiger partial charge >= 0.3 is 0 Å². The number of hydrogen-bond acceptors (Lipinski definition) is 4. The van der Waals surface area contributed by atoms with Crippen LogP contribution in [0.25, 0.3) is 11.4 Å². The summed E-state index contributed by atoms with van der Waals surface area (Å²) in [4.78, 5) is 12.1. The summed E-state index contributed by atoms with van der Waals surface area (Å²) >= 11 is 7.50. The fourth-order valence-electron chi connectivity index (χ4n) is 2.26. The molecule has 5 nitrogen and oxygen atoms in total. The Hall–Kier alpha value is -1.53. The number of rotatable bonds is 6. The van der Waals surface area contributed by atoms with Gasteiger partial charge in [0, 0.05) is 23.2 Å². The Labute approximate surface area is 144 Å². The summed E-state index contributed by atoms with van der Waals surface area (Å²) in [5, 5.41) is 12.8. The zero-order valence-corrected chi connectivity index (χ0v) is 14.7. The molecule has 1 atom stereocenters. The van der Waals surface area contributed by atoms with Crippen molar-refractivity contribution in [3.8, 4) is 11.4 Å². The molecular formula is C16H19ClN4OS. The van der Waals surface area contributed by atoms with Crippen LogP contribution in [0.15, 0.2) is 29.4 Å². The highest BCUT2D eigenvalue weighted by Crippen LogP contribution is 2.28. The van der Waals surface area contributed by atoms with Crippen molar-refractivity contribution in [1.29, 1.82) is 0 Å². The molecule has 0 spiro atoms. The monoisotopic (exact) mass is 350 g/mol. The lowest BCUT2D eigenvalue weighted by Crippen LogP contribution is -2.32. The number of nitrogens with one attached hydrogen (secondary N) is 1. The summed E-state index contributed by atoms with van der Waals surface area (Å²) in [5.74, 6) is 0.833. The van der Waals surface area contributed by atoms with Crippen LogP contribution in [0.1, 0.15) is 26.7 Å². The number of thioether (sulfide) groups is 1. The second-order valence-electron chi connectivity index (χ2n) is 5.60. The molecule has 1 aliphatic rings. The molecule has 1 amide bonds. The molecule has 1 N–H and O–H groups in total. The molecule has 0 bridgehead atoms. The van der Waals surface area contributed by atoms with Crippen LogP contribution in [0.3, 0.4) is 0 Å². The maximum atomic E-state index is 12.1. The number of benzene rings is 1. The number of aromatic nitrogens is 3. The molecule has 23 heavy (non-hydrogen) atoms. The first-order chi connectivity index (χ1) is 11.1. The lowest BCUT2D eigenvalue weighted by Gasteiger charge is -2.12. The molecule has 0 saturated heterocycles. The second kappa shape index (κ2) is 6.93. The topological polar surface area (TPSA) is 59.8 Å².